The van der Waals surface area contributed by atoms with Gasteiger partial charge >= 0.3 is 12.2 Å². The molecule has 4 aliphatic heterocycles. The molecule has 3 aromatic carbocycles. The van der Waals surface area contributed by atoms with Crippen LogP contribution in [0.15, 0.2) is 91.0 Å². The molecule has 4 heterocycles. The molecule has 0 saturated carbocycles. The first-order chi connectivity index (χ1) is 38.9. The number of benzene rings is 3. The molecule has 0 aliphatic carbocycles. The Morgan fingerprint density at radius 3 is 1.65 bits per heavy atom. The molecule has 4 aliphatic rings. The Labute approximate surface area is 494 Å². The van der Waals surface area contributed by atoms with Gasteiger partial charge in [0.05, 0.1) is 56.9 Å². The highest BCUT2D eigenvalue weighted by atomic mass is 35.6. The van der Waals surface area contributed by atoms with Crippen molar-refractivity contribution in [2.45, 2.75) is 198 Å². The number of alkyl carbamates (subject to hydrolysis) is 2. The van der Waals surface area contributed by atoms with E-state index in [9.17, 15) is 14.7 Å². The second kappa shape index (κ2) is 31.7. The minimum absolute atomic E-state index is 0.0271. The highest BCUT2D eigenvalue weighted by molar-refractivity contribution is 6.67. The number of ether oxygens (including phenoxy) is 12. The third-order valence-corrected chi connectivity index (χ3v) is 16.9. The molecule has 4 fully saturated rings. The van der Waals surface area contributed by atoms with Crippen LogP contribution in [0.5, 0.6) is 0 Å². The molecule has 3 aromatic rings. The maximum absolute atomic E-state index is 14.3. The number of aliphatic hydroxyl groups excluding tert-OH is 1. The molecule has 0 bridgehead atoms. The fraction of sp³-hybridized carbons (Fsp3) is 0.672. The summed E-state index contributed by atoms with van der Waals surface area (Å²) in [6.07, 6.45) is -9.89. The first kappa shape index (κ1) is 65.2. The Balaban J connectivity index is 1.26. The molecule has 2 amide bonds. The van der Waals surface area contributed by atoms with Crippen LogP contribution in [0.2, 0.25) is 0 Å². The lowest BCUT2D eigenvalue weighted by molar-refractivity contribution is -0.376. The smallest absolute Gasteiger partial charge is 0.407 e. The monoisotopic (exact) mass is 1190 g/mol. The van der Waals surface area contributed by atoms with Gasteiger partial charge in [-0.3, -0.25) is 0 Å². The molecule has 4 saturated heterocycles. The zero-order valence-corrected chi connectivity index (χ0v) is 50.5. The number of aliphatic hydroxyl groups is 1. The minimum Gasteiger partial charge on any atom is -0.445 e. The third-order valence-electron chi connectivity index (χ3n) is 16.6. The van der Waals surface area contributed by atoms with E-state index >= 15 is 0 Å². The zero-order chi connectivity index (χ0) is 58.2. The molecular formula is C61H87Cl3N2O15. The summed E-state index contributed by atoms with van der Waals surface area (Å²) in [7, 11) is 0. The van der Waals surface area contributed by atoms with Crippen LogP contribution in [0.1, 0.15) is 105 Å². The highest BCUT2D eigenvalue weighted by Crippen LogP contribution is 2.43. The van der Waals surface area contributed by atoms with Crippen molar-refractivity contribution in [1.29, 1.82) is 0 Å². The summed E-state index contributed by atoms with van der Waals surface area (Å²) in [4.78, 5) is 27.0. The Hall–Kier alpha value is -3.37. The number of nitrogens with one attached hydrogen (secondary N) is 2. The normalized spacial score (nSPS) is 34.5. The largest absolute Gasteiger partial charge is 0.445 e. The van der Waals surface area contributed by atoms with Gasteiger partial charge < -0.3 is 72.6 Å². The fourth-order valence-corrected chi connectivity index (χ4v) is 11.4. The summed E-state index contributed by atoms with van der Waals surface area (Å²) < 4.78 is 78.6. The van der Waals surface area contributed by atoms with Gasteiger partial charge in [-0.1, -0.05) is 188 Å². The van der Waals surface area contributed by atoms with Crippen LogP contribution < -0.4 is 10.6 Å². The second-order valence-electron chi connectivity index (χ2n) is 22.2. The molecule has 0 radical (unpaired) electrons. The molecule has 0 spiro atoms. The molecule has 81 heavy (non-hydrogen) atoms. The summed E-state index contributed by atoms with van der Waals surface area (Å²) in [5.41, 5.74) is 2.71. The van der Waals surface area contributed by atoms with Crippen LogP contribution in [-0.4, -0.2) is 134 Å². The van der Waals surface area contributed by atoms with Gasteiger partial charge in [-0.15, -0.1) is 0 Å². The van der Waals surface area contributed by atoms with E-state index in [1.165, 1.54) is 0 Å². The summed E-state index contributed by atoms with van der Waals surface area (Å²) >= 11 is 18.5. The van der Waals surface area contributed by atoms with Crippen LogP contribution in [-0.2, 0) is 76.7 Å². The predicted molar refractivity (Wildman–Crippen MR) is 306 cm³/mol. The summed E-state index contributed by atoms with van der Waals surface area (Å²) in [6.45, 7) is 18.9. The topological polar surface area (TPSA) is 189 Å². The number of hydrogen-bond donors (Lipinski definition) is 3. The maximum atomic E-state index is 14.3. The lowest BCUT2D eigenvalue weighted by Crippen LogP contribution is -2.69. The summed E-state index contributed by atoms with van der Waals surface area (Å²) in [5.74, 6) is -0.642. The number of hydrogen-bond acceptors (Lipinski definition) is 15. The van der Waals surface area contributed by atoms with Gasteiger partial charge in [-0.2, -0.15) is 0 Å². The van der Waals surface area contributed by atoms with Gasteiger partial charge in [0.2, 0.25) is 3.79 Å². The van der Waals surface area contributed by atoms with Crippen LogP contribution in [0.3, 0.4) is 0 Å². The number of carbonyl (C=O) groups excluding carboxylic acids is 2. The maximum Gasteiger partial charge on any atom is 0.407 e. The molecule has 0 aromatic heterocycles. The van der Waals surface area contributed by atoms with Crippen molar-refractivity contribution >= 4 is 47.0 Å². The van der Waals surface area contributed by atoms with Crippen molar-refractivity contribution in [3.63, 3.8) is 0 Å². The lowest BCUT2D eigenvalue weighted by Gasteiger charge is -2.53. The van der Waals surface area contributed by atoms with E-state index in [-0.39, 0.29) is 81.2 Å². The molecule has 7 rings (SSSR count). The van der Waals surface area contributed by atoms with Gasteiger partial charge in [0.25, 0.3) is 0 Å². The molecule has 17 nitrogen and oxygen atoms in total. The van der Waals surface area contributed by atoms with Crippen molar-refractivity contribution in [3.05, 3.63) is 108 Å². The van der Waals surface area contributed by atoms with E-state index in [0.29, 0.717) is 19.3 Å². The molecule has 3 N–H and O–H groups in total. The van der Waals surface area contributed by atoms with E-state index in [0.717, 1.165) is 23.1 Å². The first-order valence-corrected chi connectivity index (χ1v) is 30.1. The number of carbonyl (C=O) groups is 2. The van der Waals surface area contributed by atoms with Crippen molar-refractivity contribution < 1.29 is 71.5 Å². The van der Waals surface area contributed by atoms with E-state index < -0.39 is 103 Å². The lowest BCUT2D eigenvalue weighted by atomic mass is 9.78. The molecular weight excluding hydrogens is 1110 g/mol. The van der Waals surface area contributed by atoms with Gasteiger partial charge in [0.15, 0.2) is 25.2 Å². The Morgan fingerprint density at radius 2 is 1.05 bits per heavy atom. The van der Waals surface area contributed by atoms with Crippen LogP contribution in [0, 0.1) is 35.5 Å². The van der Waals surface area contributed by atoms with Gasteiger partial charge in [-0.25, -0.2) is 9.59 Å². The molecule has 20 atom stereocenters. The van der Waals surface area contributed by atoms with Crippen LogP contribution >= 0.6 is 34.8 Å². The standard InChI is InChI=1S/C61H87Cl3N2O15/c1-10-45-37(5)36(4)39(7)55(75-45)81-53-49(66-60(69)74-35-61(62,63)64)57(78-48(34-70-31-42-23-16-13-17-24-42)52(53)80-56-40(8)38(6)50(67)47(12-3)77-56)79-51-41(9)46(11-2)76-58(54(51)72-32-43-25-18-14-19-26-43)71-30-22-29-65-59(68)73-33-44-27-20-15-21-28-44/h13-21,23-28,36-41,45-58,67H,10-12,22,29-35H2,1-9H3,(H,65,68)(H,66,69)/t36-,37-,38+,39?,40?,41+,45?,46?,47?,48?,49?,50-,51-,52-,53+,54?,55-,56+,57-,58-/m0/s1. The van der Waals surface area contributed by atoms with Gasteiger partial charge in [0, 0.05) is 24.3 Å². The predicted octanol–water partition coefficient (Wildman–Crippen LogP) is 11.0. The Kier molecular flexibility index (Phi) is 25.5. The highest BCUT2D eigenvalue weighted by Gasteiger charge is 2.56. The molecule has 452 valence electrons. The fourth-order valence-electron chi connectivity index (χ4n) is 11.2. The van der Waals surface area contributed by atoms with Crippen LogP contribution in [0.25, 0.3) is 0 Å². The Morgan fingerprint density at radius 1 is 0.531 bits per heavy atom. The first-order valence-electron chi connectivity index (χ1n) is 29.0. The van der Waals surface area contributed by atoms with Crippen molar-refractivity contribution in [1.82, 2.24) is 10.6 Å². The average Bonchev–Trinajstić information content (AvgIpc) is 3.64. The van der Waals surface area contributed by atoms with Crippen molar-refractivity contribution in [2.75, 3.05) is 26.4 Å². The SMILES string of the molecule is CCC1O[C@@H](O[C@@H]2C(NC(=O)OCC(Cl)(Cl)Cl)[C@H](O[C@@H]3C(OCc4ccccc4)[C@@H](OCCCNC(=O)OCc4ccccc4)OC(CC)[C@H]3C)OC(COCc3ccccc3)[C@@H]2O[C@H]2OC(CC)[C@@H](O)[C@H](C)C2C)C(C)[C@@H](C)[C@@H]1C. The van der Waals surface area contributed by atoms with E-state index in [4.69, 9.17) is 91.6 Å². The zero-order valence-electron chi connectivity index (χ0n) is 48.3. The Bertz CT molecular complexity index is 2310. The number of alkyl halides is 3. The van der Waals surface area contributed by atoms with E-state index in [2.05, 4.69) is 38.3 Å². The quantitative estimate of drug-likeness (QED) is 0.0536. The average molecular weight is 1190 g/mol. The number of rotatable bonds is 25. The van der Waals surface area contributed by atoms with E-state index in [1.54, 1.807) is 0 Å². The van der Waals surface area contributed by atoms with Crippen molar-refractivity contribution in [2.24, 2.45) is 35.5 Å². The third kappa shape index (κ3) is 18.3. The molecule has 8 unspecified atom stereocenters. The van der Waals surface area contributed by atoms with Crippen LogP contribution in [0.4, 0.5) is 9.59 Å². The minimum atomic E-state index is -1.94. The number of amides is 2. The number of halogens is 3. The summed E-state index contributed by atoms with van der Waals surface area (Å²) in [6, 6.07) is 27.7. The second-order valence-corrected chi connectivity index (χ2v) is 24.7. The van der Waals surface area contributed by atoms with E-state index in [1.807, 2.05) is 126 Å². The van der Waals surface area contributed by atoms with Gasteiger partial charge in [0.1, 0.15) is 43.7 Å². The molecule has 20 heteroatoms. The van der Waals surface area contributed by atoms with Crippen molar-refractivity contribution in [3.8, 4) is 0 Å². The van der Waals surface area contributed by atoms with Gasteiger partial charge in [-0.05, 0) is 60.1 Å². The summed E-state index contributed by atoms with van der Waals surface area (Å²) in [5, 5.41) is 17.2.